The zero-order valence-corrected chi connectivity index (χ0v) is 18.6. The Balaban J connectivity index is 1.87. The molecule has 4 heteroatoms. The molecule has 3 aromatic rings. The van der Waals surface area contributed by atoms with Crippen molar-refractivity contribution in [2.24, 2.45) is 0 Å². The molecule has 3 aromatic carbocycles. The first-order valence-corrected chi connectivity index (χ1v) is 11.3. The number of carbonyl (C=O) groups is 1. The molecule has 0 aliphatic rings. The van der Waals surface area contributed by atoms with Crippen molar-refractivity contribution in [3.8, 4) is 16.9 Å². The summed E-state index contributed by atoms with van der Waals surface area (Å²) < 4.78 is 10.8. The van der Waals surface area contributed by atoms with Crippen molar-refractivity contribution >= 4 is 17.7 Å². The molecule has 3 nitrogen and oxygen atoms in total. The summed E-state index contributed by atoms with van der Waals surface area (Å²) in [7, 11) is 1.68. The minimum absolute atomic E-state index is 0.212. The monoisotopic (exact) mass is 420 g/mol. The second-order valence-electron chi connectivity index (χ2n) is 7.16. The molecule has 0 fully saturated rings. The third-order valence-corrected chi connectivity index (χ3v) is 5.89. The van der Waals surface area contributed by atoms with Crippen LogP contribution in [0.2, 0.25) is 0 Å². The van der Waals surface area contributed by atoms with Crippen LogP contribution < -0.4 is 4.74 Å². The SMILES string of the molecule is CCOC(=O)Cc1ccc(OC)c(-c2ccc(C)cc2CSCc2ccccc2)c1. The van der Waals surface area contributed by atoms with Crippen molar-refractivity contribution in [3.05, 3.63) is 89.0 Å². The number of carbonyl (C=O) groups excluding carboxylic acids is 1. The molecule has 0 unspecified atom stereocenters. The molecule has 3 rings (SSSR count). The minimum atomic E-state index is -0.212. The molecule has 0 radical (unpaired) electrons. The lowest BCUT2D eigenvalue weighted by Gasteiger charge is -2.15. The Morgan fingerprint density at radius 3 is 2.43 bits per heavy atom. The van der Waals surface area contributed by atoms with Gasteiger partial charge in [-0.2, -0.15) is 11.8 Å². The van der Waals surface area contributed by atoms with Crippen LogP contribution in [0, 0.1) is 6.92 Å². The average Bonchev–Trinajstić information content (AvgIpc) is 2.75. The Morgan fingerprint density at radius 2 is 1.70 bits per heavy atom. The molecule has 156 valence electrons. The molecule has 0 aliphatic heterocycles. The second-order valence-corrected chi connectivity index (χ2v) is 8.14. The number of aryl methyl sites for hydroxylation is 1. The zero-order chi connectivity index (χ0) is 21.3. The molecule has 0 spiro atoms. The number of hydrogen-bond donors (Lipinski definition) is 0. The number of ether oxygens (including phenoxy) is 2. The fraction of sp³-hybridized carbons (Fsp3) is 0.269. The van der Waals surface area contributed by atoms with Crippen LogP contribution in [-0.4, -0.2) is 19.7 Å². The van der Waals surface area contributed by atoms with Crippen LogP contribution in [0.4, 0.5) is 0 Å². The van der Waals surface area contributed by atoms with Gasteiger partial charge in [0.25, 0.3) is 0 Å². The van der Waals surface area contributed by atoms with Crippen molar-refractivity contribution in [1.29, 1.82) is 0 Å². The molecule has 0 N–H and O–H groups in total. The van der Waals surface area contributed by atoms with Gasteiger partial charge in [-0.05, 0) is 48.2 Å². The summed E-state index contributed by atoms with van der Waals surface area (Å²) in [5.74, 6) is 2.46. The Hall–Kier alpha value is -2.72. The number of hydrogen-bond acceptors (Lipinski definition) is 4. The maximum atomic E-state index is 11.9. The Labute approximate surface area is 183 Å². The highest BCUT2D eigenvalue weighted by molar-refractivity contribution is 7.97. The van der Waals surface area contributed by atoms with Gasteiger partial charge in [0.1, 0.15) is 5.75 Å². The average molecular weight is 421 g/mol. The van der Waals surface area contributed by atoms with Crippen LogP contribution in [0.25, 0.3) is 11.1 Å². The van der Waals surface area contributed by atoms with Crippen molar-refractivity contribution < 1.29 is 14.3 Å². The van der Waals surface area contributed by atoms with Crippen molar-refractivity contribution in [3.63, 3.8) is 0 Å². The van der Waals surface area contributed by atoms with Crippen molar-refractivity contribution in [2.75, 3.05) is 13.7 Å². The largest absolute Gasteiger partial charge is 0.496 e. The highest BCUT2D eigenvalue weighted by Crippen LogP contribution is 2.36. The van der Waals surface area contributed by atoms with Gasteiger partial charge in [0.2, 0.25) is 0 Å². The van der Waals surface area contributed by atoms with Gasteiger partial charge >= 0.3 is 5.97 Å². The fourth-order valence-corrected chi connectivity index (χ4v) is 4.40. The summed E-state index contributed by atoms with van der Waals surface area (Å²) in [6.45, 7) is 4.33. The number of esters is 1. The van der Waals surface area contributed by atoms with Gasteiger partial charge in [0.15, 0.2) is 0 Å². The molecule has 0 saturated heterocycles. The molecule has 0 aliphatic carbocycles. The maximum Gasteiger partial charge on any atom is 0.310 e. The van der Waals surface area contributed by atoms with Crippen LogP contribution >= 0.6 is 11.8 Å². The van der Waals surface area contributed by atoms with E-state index in [4.69, 9.17) is 9.47 Å². The summed E-state index contributed by atoms with van der Waals surface area (Å²) in [6.07, 6.45) is 0.259. The predicted molar refractivity (Wildman–Crippen MR) is 125 cm³/mol. The van der Waals surface area contributed by atoms with E-state index in [0.717, 1.165) is 33.9 Å². The van der Waals surface area contributed by atoms with E-state index < -0.39 is 0 Å². The Kier molecular flexibility index (Phi) is 7.97. The summed E-state index contributed by atoms with van der Waals surface area (Å²) in [5.41, 5.74) is 6.90. The van der Waals surface area contributed by atoms with E-state index >= 15 is 0 Å². The van der Waals surface area contributed by atoms with Gasteiger partial charge in [-0.3, -0.25) is 4.79 Å². The lowest BCUT2D eigenvalue weighted by molar-refractivity contribution is -0.142. The highest BCUT2D eigenvalue weighted by Gasteiger charge is 2.14. The predicted octanol–water partition coefficient (Wildman–Crippen LogP) is 6.21. The smallest absolute Gasteiger partial charge is 0.310 e. The number of rotatable bonds is 9. The topological polar surface area (TPSA) is 35.5 Å². The number of benzene rings is 3. The van der Waals surface area contributed by atoms with E-state index in [9.17, 15) is 4.79 Å². The third kappa shape index (κ3) is 5.90. The summed E-state index contributed by atoms with van der Waals surface area (Å²) in [4.78, 5) is 11.9. The Bertz CT molecular complexity index is 983. The van der Waals surface area contributed by atoms with Gasteiger partial charge in [0.05, 0.1) is 20.1 Å². The van der Waals surface area contributed by atoms with Crippen molar-refractivity contribution in [2.45, 2.75) is 31.8 Å². The molecule has 0 aromatic heterocycles. The molecular weight excluding hydrogens is 392 g/mol. The first-order valence-electron chi connectivity index (χ1n) is 10.1. The van der Waals surface area contributed by atoms with Gasteiger partial charge in [-0.25, -0.2) is 0 Å². The molecule has 0 saturated carbocycles. The van der Waals surface area contributed by atoms with E-state index in [1.54, 1.807) is 7.11 Å². The first-order chi connectivity index (χ1) is 14.6. The van der Waals surface area contributed by atoms with Gasteiger partial charge < -0.3 is 9.47 Å². The molecule has 0 atom stereocenters. The van der Waals surface area contributed by atoms with Crippen LogP contribution in [0.3, 0.4) is 0 Å². The maximum absolute atomic E-state index is 11.9. The second kappa shape index (κ2) is 10.9. The molecular formula is C26H28O3S. The van der Waals surface area contributed by atoms with Crippen LogP contribution in [0.15, 0.2) is 66.7 Å². The molecule has 0 heterocycles. The lowest BCUT2D eigenvalue weighted by Crippen LogP contribution is -2.07. The van der Waals surface area contributed by atoms with Crippen molar-refractivity contribution in [1.82, 2.24) is 0 Å². The van der Waals surface area contributed by atoms with Crippen LogP contribution in [0.5, 0.6) is 5.75 Å². The summed E-state index contributed by atoms with van der Waals surface area (Å²) in [5, 5.41) is 0. The van der Waals surface area contributed by atoms with Gasteiger partial charge in [-0.1, -0.05) is 60.2 Å². The summed E-state index contributed by atoms with van der Waals surface area (Å²) >= 11 is 1.90. The fourth-order valence-electron chi connectivity index (χ4n) is 3.41. The third-order valence-electron chi connectivity index (χ3n) is 4.84. The summed E-state index contributed by atoms with van der Waals surface area (Å²) in [6, 6.07) is 22.9. The van der Waals surface area contributed by atoms with Crippen LogP contribution in [0.1, 0.15) is 29.2 Å². The van der Waals surface area contributed by atoms with E-state index in [1.807, 2.05) is 43.0 Å². The normalized spacial score (nSPS) is 10.6. The number of thioether (sulfide) groups is 1. The highest BCUT2D eigenvalue weighted by atomic mass is 32.2. The molecule has 30 heavy (non-hydrogen) atoms. The van der Waals surface area contributed by atoms with Crippen LogP contribution in [-0.2, 0) is 27.5 Å². The van der Waals surface area contributed by atoms with E-state index in [0.29, 0.717) is 6.61 Å². The van der Waals surface area contributed by atoms with Gasteiger partial charge in [0, 0.05) is 17.1 Å². The standard InChI is InChI=1S/C26H28O3S/c1-4-29-26(27)16-21-11-13-25(28-3)24(15-21)23-12-10-19(2)14-22(23)18-30-17-20-8-6-5-7-9-20/h5-15H,4,16-18H2,1-3H3. The lowest BCUT2D eigenvalue weighted by atomic mass is 9.95. The van der Waals surface area contributed by atoms with E-state index in [-0.39, 0.29) is 12.4 Å². The number of methoxy groups -OCH3 is 1. The molecule has 0 bridgehead atoms. The molecule has 0 amide bonds. The minimum Gasteiger partial charge on any atom is -0.496 e. The van der Waals surface area contributed by atoms with E-state index in [1.165, 1.54) is 16.7 Å². The zero-order valence-electron chi connectivity index (χ0n) is 17.8. The van der Waals surface area contributed by atoms with E-state index in [2.05, 4.69) is 49.4 Å². The van der Waals surface area contributed by atoms with Gasteiger partial charge in [-0.15, -0.1) is 0 Å². The Morgan fingerprint density at radius 1 is 0.900 bits per heavy atom. The first kappa shape index (κ1) is 22.0. The quantitative estimate of drug-likeness (QED) is 0.386.